The summed E-state index contributed by atoms with van der Waals surface area (Å²) >= 11 is 5.31. The van der Waals surface area contributed by atoms with Crippen LogP contribution in [0.5, 0.6) is 0 Å². The Labute approximate surface area is 78.5 Å². The molecular weight excluding hydrogens is 203 g/mol. The van der Waals surface area contributed by atoms with Gasteiger partial charge in [-0.2, -0.15) is 0 Å². The fourth-order valence-electron chi connectivity index (χ4n) is 0.991. The second-order valence-corrected chi connectivity index (χ2v) is 2.82. The zero-order valence-corrected chi connectivity index (χ0v) is 7.58. The van der Waals surface area contributed by atoms with E-state index in [0.717, 1.165) is 0 Å². The number of alkyl halides is 3. The number of hydrogen-bond acceptors (Lipinski definition) is 1. The summed E-state index contributed by atoms with van der Waals surface area (Å²) < 4.78 is 37.7. The number of hydrogen-bond donors (Lipinski definition) is 0. The van der Waals surface area contributed by atoms with E-state index in [-0.39, 0.29) is 17.1 Å². The summed E-state index contributed by atoms with van der Waals surface area (Å²) in [5.41, 5.74) is -0.602. The lowest BCUT2D eigenvalue weighted by molar-refractivity contribution is 0.145. The van der Waals surface area contributed by atoms with Gasteiger partial charge in [-0.05, 0) is 12.5 Å². The second kappa shape index (κ2) is 3.96. The molecule has 5 heteroatoms. The lowest BCUT2D eigenvalue weighted by Gasteiger charge is -2.07. The molecule has 13 heavy (non-hydrogen) atoms. The third-order valence-electron chi connectivity index (χ3n) is 1.67. The van der Waals surface area contributed by atoms with Gasteiger partial charge in [-0.1, -0.05) is 0 Å². The monoisotopic (exact) mass is 209 g/mol. The van der Waals surface area contributed by atoms with E-state index < -0.39 is 17.8 Å². The molecule has 1 aromatic heterocycles. The molecule has 0 aromatic carbocycles. The molecule has 0 aliphatic heterocycles. The van der Waals surface area contributed by atoms with E-state index in [1.165, 1.54) is 13.1 Å². The highest BCUT2D eigenvalue weighted by atomic mass is 35.5. The molecule has 1 nitrogen and oxygen atoms in total. The molecule has 0 radical (unpaired) electrons. The van der Waals surface area contributed by atoms with Crippen LogP contribution in [0.1, 0.15) is 23.2 Å². The van der Waals surface area contributed by atoms with Crippen molar-refractivity contribution in [3.63, 3.8) is 0 Å². The molecule has 1 heterocycles. The molecule has 1 aromatic rings. The van der Waals surface area contributed by atoms with Gasteiger partial charge in [0.1, 0.15) is 0 Å². The first-order valence-electron chi connectivity index (χ1n) is 3.56. The lowest BCUT2D eigenvalue weighted by Crippen LogP contribution is -2.01. The van der Waals surface area contributed by atoms with Crippen molar-refractivity contribution in [3.05, 3.63) is 28.8 Å². The Bertz CT molecular complexity index is 315. The number of rotatable bonds is 2. The highest BCUT2D eigenvalue weighted by Crippen LogP contribution is 2.26. The smallest absolute Gasteiger partial charge is 0.257 e. The van der Waals surface area contributed by atoms with Crippen molar-refractivity contribution in [2.45, 2.75) is 19.2 Å². The van der Waals surface area contributed by atoms with Crippen LogP contribution in [0.4, 0.5) is 13.2 Å². The zero-order chi connectivity index (χ0) is 10.0. The third-order valence-corrected chi connectivity index (χ3v) is 1.93. The first-order chi connectivity index (χ1) is 6.07. The van der Waals surface area contributed by atoms with Crippen molar-refractivity contribution in [2.24, 2.45) is 0 Å². The van der Waals surface area contributed by atoms with Crippen LogP contribution >= 0.6 is 11.6 Å². The van der Waals surface area contributed by atoms with Gasteiger partial charge < -0.3 is 0 Å². The Kier molecular flexibility index (Phi) is 3.14. The Morgan fingerprint density at radius 2 is 2.15 bits per heavy atom. The van der Waals surface area contributed by atoms with E-state index in [9.17, 15) is 13.2 Å². The van der Waals surface area contributed by atoms with Crippen molar-refractivity contribution in [3.8, 4) is 0 Å². The van der Waals surface area contributed by atoms with Gasteiger partial charge in [0.15, 0.2) is 5.82 Å². The Hall–Kier alpha value is -0.770. The number of halogens is 4. The van der Waals surface area contributed by atoms with Crippen molar-refractivity contribution in [1.29, 1.82) is 0 Å². The van der Waals surface area contributed by atoms with Crippen LogP contribution in [0.2, 0.25) is 0 Å². The number of aryl methyl sites for hydroxylation is 1. The normalized spacial score (nSPS) is 10.9. The van der Waals surface area contributed by atoms with E-state index >= 15 is 0 Å². The first kappa shape index (κ1) is 10.3. The highest BCUT2D eigenvalue weighted by molar-refractivity contribution is 6.16. The molecule has 0 saturated carbocycles. The summed E-state index contributed by atoms with van der Waals surface area (Å²) in [4.78, 5) is 3.60. The van der Waals surface area contributed by atoms with Crippen molar-refractivity contribution < 1.29 is 13.2 Å². The maximum Gasteiger partial charge on any atom is 0.267 e. The molecule has 72 valence electrons. The van der Waals surface area contributed by atoms with Crippen molar-refractivity contribution in [2.75, 3.05) is 0 Å². The maximum atomic E-state index is 13.2. The van der Waals surface area contributed by atoms with Gasteiger partial charge in [-0.25, -0.2) is 13.2 Å². The molecule has 1 rings (SSSR count). The van der Waals surface area contributed by atoms with Crippen LogP contribution < -0.4 is 0 Å². The van der Waals surface area contributed by atoms with Crippen molar-refractivity contribution >= 4 is 11.6 Å². The molecule has 0 saturated heterocycles. The van der Waals surface area contributed by atoms with Gasteiger partial charge in [0.2, 0.25) is 0 Å². The topological polar surface area (TPSA) is 12.9 Å². The molecule has 0 spiro atoms. The third kappa shape index (κ3) is 1.94. The second-order valence-electron chi connectivity index (χ2n) is 2.55. The lowest BCUT2D eigenvalue weighted by atomic mass is 10.1. The molecular formula is C8H7ClF3N. The van der Waals surface area contributed by atoms with E-state index in [4.69, 9.17) is 11.6 Å². The predicted octanol–water partition coefficient (Wildman–Crippen LogP) is 3.21. The minimum Gasteiger partial charge on any atom is -0.257 e. The molecule has 0 atom stereocenters. The standard InChI is InChI=1S/C8H7ClF3N/c1-4-3-13-5(2-9)7(10)6(4)8(11)12/h3,8H,2H2,1H3. The van der Waals surface area contributed by atoms with Crippen LogP contribution in [-0.2, 0) is 5.88 Å². The average molecular weight is 210 g/mol. The van der Waals surface area contributed by atoms with Gasteiger partial charge in [0, 0.05) is 6.20 Å². The quantitative estimate of drug-likeness (QED) is 0.682. The Balaban J connectivity index is 3.30. The molecule has 0 amide bonds. The van der Waals surface area contributed by atoms with Crippen LogP contribution in [-0.4, -0.2) is 4.98 Å². The Morgan fingerprint density at radius 1 is 1.54 bits per heavy atom. The van der Waals surface area contributed by atoms with E-state index in [1.807, 2.05) is 0 Å². The molecule has 0 fully saturated rings. The molecule has 0 aliphatic carbocycles. The summed E-state index contributed by atoms with van der Waals surface area (Å²) in [6.07, 6.45) is -1.63. The van der Waals surface area contributed by atoms with Crippen molar-refractivity contribution in [1.82, 2.24) is 4.98 Å². The summed E-state index contributed by atoms with van der Waals surface area (Å²) in [7, 11) is 0. The SMILES string of the molecule is Cc1cnc(CCl)c(F)c1C(F)F. The van der Waals surface area contributed by atoms with Crippen LogP contribution in [0.15, 0.2) is 6.20 Å². The fraction of sp³-hybridized carbons (Fsp3) is 0.375. The van der Waals surface area contributed by atoms with Gasteiger partial charge in [-0.15, -0.1) is 11.6 Å². The van der Waals surface area contributed by atoms with Gasteiger partial charge >= 0.3 is 0 Å². The molecule has 0 bridgehead atoms. The summed E-state index contributed by atoms with van der Waals surface area (Å²) in [6, 6.07) is 0. The molecule has 0 aliphatic rings. The van der Waals surface area contributed by atoms with Crippen LogP contribution in [0.25, 0.3) is 0 Å². The number of pyridine rings is 1. The Morgan fingerprint density at radius 3 is 2.62 bits per heavy atom. The number of nitrogens with zero attached hydrogens (tertiary/aromatic N) is 1. The predicted molar refractivity (Wildman–Crippen MR) is 43.4 cm³/mol. The first-order valence-corrected chi connectivity index (χ1v) is 4.09. The van der Waals surface area contributed by atoms with Gasteiger partial charge in [0.05, 0.1) is 17.1 Å². The minimum absolute atomic E-state index is 0.137. The van der Waals surface area contributed by atoms with E-state index in [2.05, 4.69) is 4.98 Å². The zero-order valence-electron chi connectivity index (χ0n) is 6.82. The highest BCUT2D eigenvalue weighted by Gasteiger charge is 2.19. The summed E-state index contributed by atoms with van der Waals surface area (Å²) in [6.45, 7) is 1.38. The summed E-state index contributed by atoms with van der Waals surface area (Å²) in [5.74, 6) is -1.20. The molecule has 0 unspecified atom stereocenters. The average Bonchev–Trinajstić information content (AvgIpc) is 2.04. The van der Waals surface area contributed by atoms with Crippen LogP contribution in [0, 0.1) is 12.7 Å². The van der Waals surface area contributed by atoms with E-state index in [1.54, 1.807) is 0 Å². The summed E-state index contributed by atoms with van der Waals surface area (Å²) in [5, 5.41) is 0. The van der Waals surface area contributed by atoms with Crippen LogP contribution in [0.3, 0.4) is 0 Å². The largest absolute Gasteiger partial charge is 0.267 e. The molecule has 0 N–H and O–H groups in total. The number of aromatic nitrogens is 1. The fourth-order valence-corrected chi connectivity index (χ4v) is 1.18. The van der Waals surface area contributed by atoms with E-state index in [0.29, 0.717) is 0 Å². The maximum absolute atomic E-state index is 13.2. The van der Waals surface area contributed by atoms with Gasteiger partial charge in [0.25, 0.3) is 6.43 Å². The van der Waals surface area contributed by atoms with Gasteiger partial charge in [-0.3, -0.25) is 4.98 Å². The minimum atomic E-state index is -2.83.